The number of rotatable bonds is 9. The van der Waals surface area contributed by atoms with E-state index in [1.165, 1.54) is 0 Å². The molecule has 0 fully saturated rings. The minimum atomic E-state index is -0.645. The fraction of sp³-hybridized carbons (Fsp3) is 0.316. The van der Waals surface area contributed by atoms with Crippen LogP contribution in [0.15, 0.2) is 48.5 Å². The average molecular weight is 345 g/mol. The van der Waals surface area contributed by atoms with Gasteiger partial charge in [0.2, 0.25) is 0 Å². The second-order valence-electron chi connectivity index (χ2n) is 5.23. The highest BCUT2D eigenvalue weighted by Crippen LogP contribution is 2.26. The predicted octanol–water partition coefficient (Wildman–Crippen LogP) is 2.67. The van der Waals surface area contributed by atoms with Gasteiger partial charge in [0.15, 0.2) is 17.6 Å². The molecule has 0 radical (unpaired) electrons. The van der Waals surface area contributed by atoms with Crippen LogP contribution in [-0.2, 0) is 4.79 Å². The van der Waals surface area contributed by atoms with Crippen LogP contribution in [0.25, 0.3) is 0 Å². The summed E-state index contributed by atoms with van der Waals surface area (Å²) in [5.41, 5.74) is 0. The summed E-state index contributed by atoms with van der Waals surface area (Å²) in [6.45, 7) is 2.40. The molecule has 0 saturated heterocycles. The van der Waals surface area contributed by atoms with E-state index in [0.29, 0.717) is 30.4 Å². The molecule has 0 aliphatic carbocycles. The van der Waals surface area contributed by atoms with Crippen LogP contribution < -0.4 is 24.3 Å². The Kier molecular flexibility index (Phi) is 6.95. The second kappa shape index (κ2) is 9.42. The van der Waals surface area contributed by atoms with Gasteiger partial charge in [0.1, 0.15) is 18.1 Å². The van der Waals surface area contributed by atoms with Gasteiger partial charge in [-0.1, -0.05) is 18.2 Å². The van der Waals surface area contributed by atoms with Gasteiger partial charge in [-0.3, -0.25) is 4.79 Å². The smallest absolute Gasteiger partial charge is 0.260 e. The number of carbonyl (C=O) groups excluding carboxylic acids is 1. The maximum Gasteiger partial charge on any atom is 0.260 e. The first kappa shape index (κ1) is 18.4. The molecule has 0 spiro atoms. The first-order valence-corrected chi connectivity index (χ1v) is 7.98. The van der Waals surface area contributed by atoms with Gasteiger partial charge in [-0.25, -0.2) is 0 Å². The van der Waals surface area contributed by atoms with E-state index < -0.39 is 6.10 Å². The average Bonchev–Trinajstić information content (AvgIpc) is 2.65. The van der Waals surface area contributed by atoms with Crippen molar-refractivity contribution in [1.29, 1.82) is 0 Å². The molecule has 25 heavy (non-hydrogen) atoms. The number of nitrogens with one attached hydrogen (secondary N) is 1. The third-order valence-corrected chi connectivity index (χ3v) is 3.45. The van der Waals surface area contributed by atoms with Crippen molar-refractivity contribution in [3.8, 4) is 23.0 Å². The van der Waals surface area contributed by atoms with E-state index in [4.69, 9.17) is 18.9 Å². The number of benzene rings is 2. The molecule has 2 rings (SSSR count). The number of hydrogen-bond donors (Lipinski definition) is 1. The summed E-state index contributed by atoms with van der Waals surface area (Å²) in [6.07, 6.45) is -0.645. The molecule has 1 amide bonds. The first-order chi connectivity index (χ1) is 12.1. The van der Waals surface area contributed by atoms with Crippen molar-refractivity contribution in [2.45, 2.75) is 13.0 Å². The van der Waals surface area contributed by atoms with Gasteiger partial charge in [-0.2, -0.15) is 0 Å². The fourth-order valence-electron chi connectivity index (χ4n) is 2.14. The van der Waals surface area contributed by atoms with Gasteiger partial charge in [-0.15, -0.1) is 0 Å². The molecule has 2 aromatic rings. The molecule has 0 heterocycles. The molecule has 6 nitrogen and oxygen atoms in total. The SMILES string of the molecule is COc1cccc(OCCNC(=O)C(C)Oc2ccccc2OC)c1. The van der Waals surface area contributed by atoms with Crippen molar-refractivity contribution in [2.24, 2.45) is 0 Å². The lowest BCUT2D eigenvalue weighted by molar-refractivity contribution is -0.127. The lowest BCUT2D eigenvalue weighted by Crippen LogP contribution is -2.38. The molecule has 1 unspecified atom stereocenters. The number of carbonyl (C=O) groups is 1. The van der Waals surface area contributed by atoms with E-state index in [0.717, 1.165) is 5.75 Å². The highest BCUT2D eigenvalue weighted by Gasteiger charge is 2.16. The molecular formula is C19H23NO5. The normalized spacial score (nSPS) is 11.3. The summed E-state index contributed by atoms with van der Waals surface area (Å²) in [6, 6.07) is 14.5. The Labute approximate surface area is 147 Å². The molecule has 2 aromatic carbocycles. The van der Waals surface area contributed by atoms with Crippen molar-refractivity contribution in [1.82, 2.24) is 5.32 Å². The molecule has 0 aliphatic rings. The van der Waals surface area contributed by atoms with Crippen molar-refractivity contribution < 1.29 is 23.7 Å². The summed E-state index contributed by atoms with van der Waals surface area (Å²) in [5.74, 6) is 2.30. The summed E-state index contributed by atoms with van der Waals surface area (Å²) in [4.78, 5) is 12.1. The zero-order chi connectivity index (χ0) is 18.1. The largest absolute Gasteiger partial charge is 0.497 e. The molecule has 1 N–H and O–H groups in total. The van der Waals surface area contributed by atoms with Crippen LogP contribution in [0.5, 0.6) is 23.0 Å². The standard InChI is InChI=1S/C19H23NO5/c1-14(25-18-10-5-4-9-17(18)23-3)19(21)20-11-12-24-16-8-6-7-15(13-16)22-2/h4-10,13-14H,11-12H2,1-3H3,(H,20,21). The first-order valence-electron chi connectivity index (χ1n) is 7.98. The quantitative estimate of drug-likeness (QED) is 0.708. The van der Waals surface area contributed by atoms with Crippen molar-refractivity contribution in [3.05, 3.63) is 48.5 Å². The molecule has 134 valence electrons. The van der Waals surface area contributed by atoms with E-state index in [1.807, 2.05) is 30.3 Å². The Bertz CT molecular complexity index is 689. The van der Waals surface area contributed by atoms with Gasteiger partial charge in [-0.05, 0) is 31.2 Å². The van der Waals surface area contributed by atoms with Crippen LogP contribution >= 0.6 is 0 Å². The van der Waals surface area contributed by atoms with Crippen molar-refractivity contribution >= 4 is 5.91 Å². The highest BCUT2D eigenvalue weighted by molar-refractivity contribution is 5.80. The minimum absolute atomic E-state index is 0.222. The number of hydrogen-bond acceptors (Lipinski definition) is 5. The van der Waals surface area contributed by atoms with Crippen LogP contribution in [0, 0.1) is 0 Å². The summed E-state index contributed by atoms with van der Waals surface area (Å²) < 4.78 is 21.6. The van der Waals surface area contributed by atoms with Crippen LogP contribution in [0.4, 0.5) is 0 Å². The van der Waals surface area contributed by atoms with Crippen molar-refractivity contribution in [3.63, 3.8) is 0 Å². The van der Waals surface area contributed by atoms with Crippen LogP contribution in [0.2, 0.25) is 0 Å². The third kappa shape index (κ3) is 5.60. The molecular weight excluding hydrogens is 322 g/mol. The maximum absolute atomic E-state index is 12.1. The summed E-state index contributed by atoms with van der Waals surface area (Å²) in [7, 11) is 3.16. The molecule has 0 saturated carbocycles. The van der Waals surface area contributed by atoms with Gasteiger partial charge in [0, 0.05) is 6.07 Å². The zero-order valence-corrected chi connectivity index (χ0v) is 14.7. The summed E-state index contributed by atoms with van der Waals surface area (Å²) in [5, 5.41) is 2.78. The monoisotopic (exact) mass is 345 g/mol. The Morgan fingerprint density at radius 2 is 1.72 bits per heavy atom. The fourth-order valence-corrected chi connectivity index (χ4v) is 2.14. The predicted molar refractivity (Wildman–Crippen MR) is 94.6 cm³/mol. The van der Waals surface area contributed by atoms with Gasteiger partial charge in [0.05, 0.1) is 20.8 Å². The van der Waals surface area contributed by atoms with Crippen LogP contribution in [0.3, 0.4) is 0 Å². The number of amides is 1. The maximum atomic E-state index is 12.1. The topological polar surface area (TPSA) is 66.0 Å². The van der Waals surface area contributed by atoms with E-state index in [2.05, 4.69) is 5.32 Å². The number of methoxy groups -OCH3 is 2. The van der Waals surface area contributed by atoms with E-state index in [9.17, 15) is 4.79 Å². The Hall–Kier alpha value is -2.89. The number of para-hydroxylation sites is 2. The molecule has 0 bridgehead atoms. The molecule has 0 aromatic heterocycles. The lowest BCUT2D eigenvalue weighted by Gasteiger charge is -2.16. The Morgan fingerprint density at radius 3 is 2.44 bits per heavy atom. The van der Waals surface area contributed by atoms with E-state index in [-0.39, 0.29) is 5.91 Å². The lowest BCUT2D eigenvalue weighted by atomic mass is 10.3. The number of ether oxygens (including phenoxy) is 4. The van der Waals surface area contributed by atoms with Gasteiger partial charge < -0.3 is 24.3 Å². The molecule has 0 aliphatic heterocycles. The Morgan fingerprint density at radius 1 is 1.00 bits per heavy atom. The van der Waals surface area contributed by atoms with E-state index in [1.54, 1.807) is 39.3 Å². The summed E-state index contributed by atoms with van der Waals surface area (Å²) >= 11 is 0. The highest BCUT2D eigenvalue weighted by atomic mass is 16.5. The zero-order valence-electron chi connectivity index (χ0n) is 14.7. The molecule has 6 heteroatoms. The Balaban J connectivity index is 1.75. The third-order valence-electron chi connectivity index (χ3n) is 3.45. The minimum Gasteiger partial charge on any atom is -0.497 e. The van der Waals surface area contributed by atoms with E-state index >= 15 is 0 Å². The van der Waals surface area contributed by atoms with Gasteiger partial charge >= 0.3 is 0 Å². The van der Waals surface area contributed by atoms with Crippen LogP contribution in [0.1, 0.15) is 6.92 Å². The van der Waals surface area contributed by atoms with Crippen LogP contribution in [-0.4, -0.2) is 39.4 Å². The molecule has 1 atom stereocenters. The second-order valence-corrected chi connectivity index (χ2v) is 5.23. The van der Waals surface area contributed by atoms with Crippen molar-refractivity contribution in [2.75, 3.05) is 27.4 Å². The van der Waals surface area contributed by atoms with Gasteiger partial charge in [0.25, 0.3) is 5.91 Å².